The van der Waals surface area contributed by atoms with Gasteiger partial charge in [-0.15, -0.1) is 11.3 Å². The Bertz CT molecular complexity index is 916. The summed E-state index contributed by atoms with van der Waals surface area (Å²) in [5.41, 5.74) is 2.79. The van der Waals surface area contributed by atoms with E-state index in [1.165, 1.54) is 37.0 Å². The maximum atomic E-state index is 12.7. The van der Waals surface area contributed by atoms with Crippen LogP contribution in [0.25, 0.3) is 16.2 Å². The van der Waals surface area contributed by atoms with Gasteiger partial charge in [-0.1, -0.05) is 50.1 Å². The summed E-state index contributed by atoms with van der Waals surface area (Å²) in [6, 6.07) is 12.2. The van der Waals surface area contributed by atoms with Gasteiger partial charge in [-0.25, -0.2) is 4.98 Å². The van der Waals surface area contributed by atoms with Crippen molar-refractivity contribution in [3.05, 3.63) is 57.8 Å². The van der Waals surface area contributed by atoms with Gasteiger partial charge in [0.15, 0.2) is 4.96 Å². The third-order valence-electron chi connectivity index (χ3n) is 5.18. The predicted octanol–water partition coefficient (Wildman–Crippen LogP) is 4.09. The van der Waals surface area contributed by atoms with Gasteiger partial charge in [-0.05, 0) is 24.3 Å². The molecule has 1 aliphatic rings. The van der Waals surface area contributed by atoms with Crippen molar-refractivity contribution in [1.29, 1.82) is 0 Å². The summed E-state index contributed by atoms with van der Waals surface area (Å²) in [4.78, 5) is 18.1. The molecule has 1 fully saturated rings. The number of hydrogen-bond donors (Lipinski definition) is 1. The molecule has 0 aliphatic heterocycles. The van der Waals surface area contributed by atoms with E-state index in [0.717, 1.165) is 21.9 Å². The van der Waals surface area contributed by atoms with E-state index in [4.69, 9.17) is 4.98 Å². The molecule has 3 aromatic rings. The zero-order chi connectivity index (χ0) is 17.2. The quantitative estimate of drug-likeness (QED) is 0.768. The number of aromatic nitrogens is 2. The molecule has 2 aromatic heterocycles. The molecule has 1 aromatic carbocycles. The fourth-order valence-electron chi connectivity index (χ4n) is 3.72. The molecule has 130 valence electrons. The van der Waals surface area contributed by atoms with Crippen LogP contribution in [-0.2, 0) is 6.54 Å². The summed E-state index contributed by atoms with van der Waals surface area (Å²) in [6.07, 6.45) is 5.14. The van der Waals surface area contributed by atoms with E-state index in [-0.39, 0.29) is 5.56 Å². The van der Waals surface area contributed by atoms with E-state index >= 15 is 0 Å². The first-order chi connectivity index (χ1) is 12.2. The first kappa shape index (κ1) is 16.5. The number of hydrogen-bond acceptors (Lipinski definition) is 4. The van der Waals surface area contributed by atoms with Crippen LogP contribution in [0.5, 0.6) is 0 Å². The lowest BCUT2D eigenvalue weighted by Gasteiger charge is -2.29. The lowest BCUT2D eigenvalue weighted by atomic mass is 9.86. The predicted molar refractivity (Wildman–Crippen MR) is 103 cm³/mol. The van der Waals surface area contributed by atoms with Crippen molar-refractivity contribution in [3.8, 4) is 11.3 Å². The molecule has 0 amide bonds. The Labute approximate surface area is 151 Å². The molecule has 0 bridgehead atoms. The average molecular weight is 353 g/mol. The highest BCUT2D eigenvalue weighted by molar-refractivity contribution is 7.15. The molecule has 4 nitrogen and oxygen atoms in total. The molecule has 0 radical (unpaired) electrons. The number of thiazole rings is 1. The van der Waals surface area contributed by atoms with Crippen molar-refractivity contribution in [2.45, 2.75) is 45.2 Å². The number of rotatable bonds is 4. The first-order valence-corrected chi connectivity index (χ1v) is 9.89. The van der Waals surface area contributed by atoms with Gasteiger partial charge in [0.05, 0.1) is 11.4 Å². The van der Waals surface area contributed by atoms with Crippen LogP contribution in [0.2, 0.25) is 0 Å². The summed E-state index contributed by atoms with van der Waals surface area (Å²) in [5, 5.41) is 5.63. The van der Waals surface area contributed by atoms with E-state index < -0.39 is 0 Å². The van der Waals surface area contributed by atoms with Gasteiger partial charge in [0.2, 0.25) is 0 Å². The van der Waals surface area contributed by atoms with Crippen molar-refractivity contribution >= 4 is 16.3 Å². The van der Waals surface area contributed by atoms with Gasteiger partial charge in [0.25, 0.3) is 5.56 Å². The summed E-state index contributed by atoms with van der Waals surface area (Å²) in [6.45, 7) is 2.98. The van der Waals surface area contributed by atoms with Gasteiger partial charge in [-0.2, -0.15) is 0 Å². The minimum atomic E-state index is -0.00130. The normalized spacial score (nSPS) is 20.8. The Morgan fingerprint density at radius 1 is 1.24 bits per heavy atom. The Morgan fingerprint density at radius 2 is 2.04 bits per heavy atom. The molecule has 1 aliphatic carbocycles. The molecule has 25 heavy (non-hydrogen) atoms. The van der Waals surface area contributed by atoms with Crippen molar-refractivity contribution < 1.29 is 0 Å². The summed E-state index contributed by atoms with van der Waals surface area (Å²) in [5.74, 6) is 0.699. The molecule has 5 heteroatoms. The molecular weight excluding hydrogens is 330 g/mol. The summed E-state index contributed by atoms with van der Waals surface area (Å²) >= 11 is 1.52. The highest BCUT2D eigenvalue weighted by Gasteiger charge is 2.21. The van der Waals surface area contributed by atoms with Crippen molar-refractivity contribution in [1.82, 2.24) is 14.7 Å². The highest BCUT2D eigenvalue weighted by Crippen LogP contribution is 2.25. The van der Waals surface area contributed by atoms with Crippen molar-refractivity contribution in [2.24, 2.45) is 5.92 Å². The third kappa shape index (κ3) is 3.39. The molecule has 0 unspecified atom stereocenters. The average Bonchev–Trinajstić information content (AvgIpc) is 3.06. The Kier molecular flexibility index (Phi) is 4.68. The Balaban J connectivity index is 1.59. The molecule has 2 atom stereocenters. The topological polar surface area (TPSA) is 46.4 Å². The van der Waals surface area contributed by atoms with Crippen LogP contribution < -0.4 is 10.9 Å². The second kappa shape index (κ2) is 7.10. The van der Waals surface area contributed by atoms with Crippen LogP contribution in [-0.4, -0.2) is 15.4 Å². The van der Waals surface area contributed by atoms with Gasteiger partial charge >= 0.3 is 0 Å². The van der Waals surface area contributed by atoms with Crippen LogP contribution >= 0.6 is 11.3 Å². The lowest BCUT2D eigenvalue weighted by molar-refractivity contribution is 0.278. The summed E-state index contributed by atoms with van der Waals surface area (Å²) < 4.78 is 1.72. The van der Waals surface area contributed by atoms with Crippen molar-refractivity contribution in [2.75, 3.05) is 0 Å². The largest absolute Gasteiger partial charge is 0.308 e. The van der Waals surface area contributed by atoms with Gasteiger partial charge in [-0.3, -0.25) is 9.20 Å². The lowest BCUT2D eigenvalue weighted by Crippen LogP contribution is -2.37. The van der Waals surface area contributed by atoms with Crippen molar-refractivity contribution in [3.63, 3.8) is 0 Å². The van der Waals surface area contributed by atoms with Gasteiger partial charge < -0.3 is 5.32 Å². The SMILES string of the molecule is C[C@@H]1CCCC[C@H]1NCc1cc(=O)n2c(-c3ccccc3)csc2n1. The van der Waals surface area contributed by atoms with Crippen LogP contribution in [0.4, 0.5) is 0 Å². The molecule has 2 heterocycles. The Morgan fingerprint density at radius 3 is 2.84 bits per heavy atom. The van der Waals surface area contributed by atoms with Crippen LogP contribution in [0.1, 0.15) is 38.3 Å². The maximum absolute atomic E-state index is 12.7. The molecule has 1 N–H and O–H groups in total. The number of benzene rings is 1. The number of nitrogens with zero attached hydrogens (tertiary/aromatic N) is 2. The van der Waals surface area contributed by atoms with Gasteiger partial charge in [0, 0.05) is 24.0 Å². The molecule has 4 rings (SSSR count). The van der Waals surface area contributed by atoms with E-state index in [1.54, 1.807) is 10.5 Å². The van der Waals surface area contributed by atoms with E-state index in [2.05, 4.69) is 12.2 Å². The fraction of sp³-hybridized carbons (Fsp3) is 0.400. The molecule has 0 saturated heterocycles. The highest BCUT2D eigenvalue weighted by atomic mass is 32.1. The smallest absolute Gasteiger partial charge is 0.259 e. The minimum Gasteiger partial charge on any atom is -0.308 e. The third-order valence-corrected chi connectivity index (χ3v) is 6.01. The van der Waals surface area contributed by atoms with E-state index in [0.29, 0.717) is 18.5 Å². The van der Waals surface area contributed by atoms with E-state index in [1.807, 2.05) is 35.7 Å². The van der Waals surface area contributed by atoms with Gasteiger partial charge in [0.1, 0.15) is 0 Å². The number of nitrogens with one attached hydrogen (secondary N) is 1. The minimum absolute atomic E-state index is 0.00130. The standard InChI is InChI=1S/C20H23N3OS/c1-14-7-5-6-10-17(14)21-12-16-11-19(24)23-18(13-25-20(23)22-16)15-8-3-2-4-9-15/h2-4,8-9,11,13-14,17,21H,5-7,10,12H2,1H3/t14-,17-/m1/s1. The van der Waals surface area contributed by atoms with Crippen LogP contribution in [0.15, 0.2) is 46.6 Å². The zero-order valence-electron chi connectivity index (χ0n) is 14.4. The monoisotopic (exact) mass is 353 g/mol. The fourth-order valence-corrected chi connectivity index (χ4v) is 4.64. The van der Waals surface area contributed by atoms with Crippen LogP contribution in [0, 0.1) is 5.92 Å². The maximum Gasteiger partial charge on any atom is 0.259 e. The molecular formula is C20H23N3OS. The van der Waals surface area contributed by atoms with E-state index in [9.17, 15) is 4.79 Å². The second-order valence-corrected chi connectivity index (χ2v) is 7.78. The van der Waals surface area contributed by atoms with Crippen LogP contribution in [0.3, 0.4) is 0 Å². The zero-order valence-corrected chi connectivity index (χ0v) is 15.3. The molecule has 1 saturated carbocycles. The second-order valence-electron chi connectivity index (χ2n) is 6.94. The first-order valence-electron chi connectivity index (χ1n) is 9.01. The summed E-state index contributed by atoms with van der Waals surface area (Å²) in [7, 11) is 0. The number of fused-ring (bicyclic) bond motifs is 1. The Hall–Kier alpha value is -1.98. The molecule has 0 spiro atoms.